The summed E-state index contributed by atoms with van der Waals surface area (Å²) in [5.41, 5.74) is -3.12. The van der Waals surface area contributed by atoms with E-state index in [1.54, 1.807) is 36.4 Å². The van der Waals surface area contributed by atoms with E-state index in [-0.39, 0.29) is 17.3 Å². The van der Waals surface area contributed by atoms with Crippen molar-refractivity contribution in [3.63, 3.8) is 0 Å². The third-order valence-corrected chi connectivity index (χ3v) is 4.41. The van der Waals surface area contributed by atoms with Crippen molar-refractivity contribution in [1.82, 2.24) is 9.78 Å². The van der Waals surface area contributed by atoms with Crippen LogP contribution in [0.5, 0.6) is 0 Å². The van der Waals surface area contributed by atoms with Crippen molar-refractivity contribution in [3.05, 3.63) is 71.4 Å². The highest BCUT2D eigenvalue weighted by Crippen LogP contribution is 2.44. The van der Waals surface area contributed by atoms with Gasteiger partial charge < -0.3 is 0 Å². The second-order valence-electron chi connectivity index (χ2n) is 8.38. The lowest BCUT2D eigenvalue weighted by atomic mass is 9.81. The molecule has 0 saturated carbocycles. The molecular formula is C26H32F6N2. The van der Waals surface area contributed by atoms with Crippen molar-refractivity contribution in [2.45, 2.75) is 72.7 Å². The lowest BCUT2D eigenvalue weighted by Gasteiger charge is -2.28. The molecule has 0 aliphatic rings. The van der Waals surface area contributed by atoms with Crippen LogP contribution in [0.25, 0.3) is 16.9 Å². The predicted molar refractivity (Wildman–Crippen MR) is 125 cm³/mol. The Kier molecular flexibility index (Phi) is 9.97. The zero-order valence-electron chi connectivity index (χ0n) is 20.6. The first-order chi connectivity index (χ1) is 15.7. The van der Waals surface area contributed by atoms with Crippen LogP contribution < -0.4 is 0 Å². The number of rotatable bonds is 2. The normalized spacial score (nSPS) is 11.8. The van der Waals surface area contributed by atoms with Crippen molar-refractivity contribution in [3.8, 4) is 16.9 Å². The maximum absolute atomic E-state index is 13.7. The summed E-state index contributed by atoms with van der Waals surface area (Å²) >= 11 is 0. The first-order valence-corrected chi connectivity index (χ1v) is 11.1. The van der Waals surface area contributed by atoms with Crippen molar-refractivity contribution >= 4 is 0 Å². The van der Waals surface area contributed by atoms with E-state index in [2.05, 4.69) is 18.9 Å². The van der Waals surface area contributed by atoms with Gasteiger partial charge in [-0.1, -0.05) is 85.2 Å². The molecule has 188 valence electrons. The van der Waals surface area contributed by atoms with Crippen molar-refractivity contribution < 1.29 is 26.3 Å². The zero-order valence-corrected chi connectivity index (χ0v) is 20.6. The molecule has 0 bridgehead atoms. The Hall–Kier alpha value is -2.77. The largest absolute Gasteiger partial charge is 0.416 e. The summed E-state index contributed by atoms with van der Waals surface area (Å²) in [7, 11) is 0. The quantitative estimate of drug-likeness (QED) is 0.330. The van der Waals surface area contributed by atoms with Gasteiger partial charge in [-0.2, -0.15) is 31.4 Å². The summed E-state index contributed by atoms with van der Waals surface area (Å²) in [5, 5.41) is 4.25. The van der Waals surface area contributed by atoms with Crippen LogP contribution in [0.1, 0.15) is 71.6 Å². The van der Waals surface area contributed by atoms with E-state index in [1.807, 2.05) is 13.8 Å². The van der Waals surface area contributed by atoms with E-state index >= 15 is 0 Å². The molecule has 0 saturated heterocycles. The number of benzene rings is 2. The maximum atomic E-state index is 13.7. The minimum atomic E-state index is -4.95. The van der Waals surface area contributed by atoms with Crippen LogP contribution in [0.3, 0.4) is 0 Å². The van der Waals surface area contributed by atoms with Gasteiger partial charge in [-0.3, -0.25) is 0 Å². The minimum absolute atomic E-state index is 0.172. The molecule has 0 aliphatic heterocycles. The fraction of sp³-hybridized carbons (Fsp3) is 0.423. The van der Waals surface area contributed by atoms with E-state index in [9.17, 15) is 26.3 Å². The number of hydrogen-bond acceptors (Lipinski definition) is 1. The summed E-state index contributed by atoms with van der Waals surface area (Å²) in [6.07, 6.45) is -7.26. The molecule has 1 heterocycles. The van der Waals surface area contributed by atoms with Gasteiger partial charge in [0.2, 0.25) is 0 Å². The Labute approximate surface area is 197 Å². The number of nitrogens with zero attached hydrogens (tertiary/aromatic N) is 2. The molecule has 3 aromatic rings. The van der Waals surface area contributed by atoms with Gasteiger partial charge in [-0.05, 0) is 29.2 Å². The fourth-order valence-electron chi connectivity index (χ4n) is 3.20. The van der Waals surface area contributed by atoms with Gasteiger partial charge in [0.15, 0.2) is 0 Å². The standard InChI is InChI=1S/C21H18F6N2.C3H8.C2H6/c1-19(2,3)18-15(21(25,26)27)11-14(20(22,23)24)12-17(18)29-10-9-16(28-29)13-7-5-4-6-8-13;1-3-2;1-2/h4-12H,1-3H3;3H2,1-2H3;1-2H3. The van der Waals surface area contributed by atoms with Gasteiger partial charge in [0, 0.05) is 11.8 Å². The lowest BCUT2D eigenvalue weighted by molar-refractivity contribution is -0.143. The highest BCUT2D eigenvalue weighted by Gasteiger charge is 2.42. The average molecular weight is 487 g/mol. The smallest absolute Gasteiger partial charge is 0.240 e. The van der Waals surface area contributed by atoms with Crippen LogP contribution in [0.2, 0.25) is 0 Å². The minimum Gasteiger partial charge on any atom is -0.240 e. The predicted octanol–water partition coefficient (Wildman–Crippen LogP) is 9.32. The van der Waals surface area contributed by atoms with Crippen molar-refractivity contribution in [1.29, 1.82) is 0 Å². The van der Waals surface area contributed by atoms with Crippen molar-refractivity contribution in [2.75, 3.05) is 0 Å². The first kappa shape index (κ1) is 29.3. The van der Waals surface area contributed by atoms with Crippen LogP contribution in [0, 0.1) is 0 Å². The Morgan fingerprint density at radius 2 is 1.32 bits per heavy atom. The molecule has 0 fully saturated rings. The van der Waals surface area contributed by atoms with Gasteiger partial charge in [-0.25, -0.2) is 4.68 Å². The second kappa shape index (κ2) is 11.6. The van der Waals surface area contributed by atoms with E-state index in [1.165, 1.54) is 33.4 Å². The van der Waals surface area contributed by atoms with Gasteiger partial charge >= 0.3 is 12.4 Å². The number of alkyl halides is 6. The molecule has 1 aromatic heterocycles. The van der Waals surface area contributed by atoms with Gasteiger partial charge in [0.05, 0.1) is 22.5 Å². The maximum Gasteiger partial charge on any atom is 0.416 e. The molecule has 0 spiro atoms. The highest BCUT2D eigenvalue weighted by atomic mass is 19.4. The van der Waals surface area contributed by atoms with E-state index < -0.39 is 28.9 Å². The molecule has 8 heteroatoms. The van der Waals surface area contributed by atoms with Crippen LogP contribution in [0.4, 0.5) is 26.3 Å². The second-order valence-corrected chi connectivity index (χ2v) is 8.38. The third-order valence-electron chi connectivity index (χ3n) is 4.41. The number of aromatic nitrogens is 2. The molecular weight excluding hydrogens is 454 g/mol. The molecule has 2 aromatic carbocycles. The summed E-state index contributed by atoms with van der Waals surface area (Å²) < 4.78 is 82.3. The van der Waals surface area contributed by atoms with Gasteiger partial charge in [0.25, 0.3) is 0 Å². The summed E-state index contributed by atoms with van der Waals surface area (Å²) in [4.78, 5) is 0. The van der Waals surface area contributed by atoms with Crippen molar-refractivity contribution in [2.24, 2.45) is 0 Å². The summed E-state index contributed by atoms with van der Waals surface area (Å²) in [6.45, 7) is 12.8. The first-order valence-electron chi connectivity index (χ1n) is 11.1. The molecule has 0 unspecified atom stereocenters. The fourth-order valence-corrected chi connectivity index (χ4v) is 3.20. The number of hydrogen-bond donors (Lipinski definition) is 0. The molecule has 3 rings (SSSR count). The molecule has 0 N–H and O–H groups in total. The summed E-state index contributed by atoms with van der Waals surface area (Å²) in [6, 6.07) is 11.3. The molecule has 0 radical (unpaired) electrons. The van der Waals surface area contributed by atoms with Crippen LogP contribution >= 0.6 is 0 Å². The zero-order chi connectivity index (χ0) is 26.3. The molecule has 2 nitrogen and oxygen atoms in total. The Bertz CT molecular complexity index is 1030. The summed E-state index contributed by atoms with van der Waals surface area (Å²) in [5.74, 6) is 0. The Balaban J connectivity index is 0.00000107. The SMILES string of the molecule is CC.CC(C)(C)c1c(-n2ccc(-c3ccccc3)n2)cc(C(F)(F)F)cc1C(F)(F)F.CCC. The Morgan fingerprint density at radius 3 is 1.76 bits per heavy atom. The molecule has 0 amide bonds. The van der Waals surface area contributed by atoms with E-state index in [0.29, 0.717) is 11.3 Å². The van der Waals surface area contributed by atoms with E-state index in [4.69, 9.17) is 0 Å². The van der Waals surface area contributed by atoms with Crippen LogP contribution in [0.15, 0.2) is 54.7 Å². The number of halogens is 6. The molecule has 34 heavy (non-hydrogen) atoms. The Morgan fingerprint density at radius 1 is 0.794 bits per heavy atom. The average Bonchev–Trinajstić information content (AvgIpc) is 3.24. The van der Waals surface area contributed by atoms with Crippen LogP contribution in [-0.2, 0) is 17.8 Å². The third kappa shape index (κ3) is 7.37. The monoisotopic (exact) mass is 486 g/mol. The molecule has 0 aliphatic carbocycles. The molecule has 0 atom stereocenters. The van der Waals surface area contributed by atoms with Crippen LogP contribution in [-0.4, -0.2) is 9.78 Å². The van der Waals surface area contributed by atoms with E-state index in [0.717, 1.165) is 10.7 Å². The van der Waals surface area contributed by atoms with Gasteiger partial charge in [-0.15, -0.1) is 0 Å². The van der Waals surface area contributed by atoms with Gasteiger partial charge in [0.1, 0.15) is 0 Å². The highest BCUT2D eigenvalue weighted by molar-refractivity contribution is 5.60. The topological polar surface area (TPSA) is 17.8 Å². The lowest BCUT2D eigenvalue weighted by Crippen LogP contribution is -2.24.